The molecule has 0 aromatic heterocycles. The largest absolute Gasteiger partial charge is 0.324 e. The summed E-state index contributed by atoms with van der Waals surface area (Å²) in [4.78, 5) is 78.1. The fraction of sp³-hybridized carbons (Fsp3) is 0.143. The van der Waals surface area contributed by atoms with Crippen molar-refractivity contribution in [1.82, 2.24) is 0 Å². The van der Waals surface area contributed by atoms with Crippen LogP contribution in [0.3, 0.4) is 0 Å². The highest BCUT2D eigenvalue weighted by Crippen LogP contribution is 2.31. The van der Waals surface area contributed by atoms with Gasteiger partial charge in [0.25, 0.3) is 23.6 Å². The van der Waals surface area contributed by atoms with E-state index in [1.807, 2.05) is 0 Å². The number of nitrogens with zero attached hydrogens (tertiary/aromatic N) is 4. The summed E-state index contributed by atoms with van der Waals surface area (Å²) in [5, 5.41) is 27.8. The SMILES string of the molecule is CC(=O)C(N=Nc1ccc(Cl)c(C(=O)Nc2cc(Cl)ccc2Cl)c1)C(=O)Nc1ccc(NC(=O)C(N=Nc2ccc(Cl)c(C(=O)Nc3cc(Cl)ccc3Cl)c2)C(C)=O)c(CCCl)c1. The summed E-state index contributed by atoms with van der Waals surface area (Å²) in [5.41, 5.74) is 1.62. The third kappa shape index (κ3) is 13.3. The van der Waals surface area contributed by atoms with E-state index in [4.69, 9.17) is 81.2 Å². The third-order valence-electron chi connectivity index (χ3n) is 8.58. The smallest absolute Gasteiger partial charge is 0.258 e. The van der Waals surface area contributed by atoms with Crippen LogP contribution in [0.1, 0.15) is 40.1 Å². The number of rotatable bonds is 16. The minimum atomic E-state index is -1.61. The van der Waals surface area contributed by atoms with Gasteiger partial charge in [-0.25, -0.2) is 0 Å². The molecular weight excluding hydrogens is 961 g/mol. The Morgan fingerprint density at radius 3 is 1.40 bits per heavy atom. The van der Waals surface area contributed by atoms with Crippen LogP contribution in [-0.4, -0.2) is 53.2 Å². The molecule has 0 aliphatic carbocycles. The van der Waals surface area contributed by atoms with Gasteiger partial charge in [0.15, 0.2) is 11.6 Å². The van der Waals surface area contributed by atoms with Gasteiger partial charge in [0, 0.05) is 27.3 Å². The number of halogens is 7. The summed E-state index contributed by atoms with van der Waals surface area (Å²) < 4.78 is 0. The maximum absolute atomic E-state index is 13.4. The highest BCUT2D eigenvalue weighted by Gasteiger charge is 2.26. The molecule has 63 heavy (non-hydrogen) atoms. The second-order valence-corrected chi connectivity index (χ2v) is 16.1. The number of Topliss-reactive ketones (excluding diaryl/α,β-unsaturated/α-hetero) is 2. The predicted octanol–water partition coefficient (Wildman–Crippen LogP) is 12.3. The summed E-state index contributed by atoms with van der Waals surface area (Å²) in [5.74, 6) is -4.13. The molecule has 2 atom stereocenters. The number of azo groups is 2. The topological polar surface area (TPSA) is 200 Å². The second-order valence-electron chi connectivity index (χ2n) is 13.2. The van der Waals surface area contributed by atoms with E-state index in [1.165, 1.54) is 78.9 Å². The molecule has 21 heteroatoms. The standard InChI is InChI=1S/C42H31Cl7N8O6/c1-20(58)37(56-54-26-5-10-30(46)28(18-26)39(60)52-35-16-23(44)3-8-32(35)48)41(62)50-25-7-12-34(22(15-25)13-14-43)51-42(63)38(21(2)59)57-55-27-6-11-31(47)29(19-27)40(61)53-36-17-24(45)4-9-33(36)49/h3-12,15-19,37-38H,13-14H2,1-2H3,(H,50,62)(H,51,63)(H,52,60)(H,53,61). The van der Waals surface area contributed by atoms with Gasteiger partial charge in [-0.15, -0.1) is 11.6 Å². The van der Waals surface area contributed by atoms with Gasteiger partial charge < -0.3 is 21.3 Å². The van der Waals surface area contributed by atoms with Gasteiger partial charge in [-0.3, -0.25) is 28.8 Å². The number of carbonyl (C=O) groups excluding carboxylic acids is 6. The van der Waals surface area contributed by atoms with Crippen molar-refractivity contribution in [1.29, 1.82) is 0 Å². The number of alkyl halides is 1. The second kappa shape index (κ2) is 22.3. The number of ketones is 2. The molecule has 0 saturated carbocycles. The molecule has 0 fully saturated rings. The first-order chi connectivity index (χ1) is 29.9. The number of nitrogens with one attached hydrogen (secondary N) is 4. The van der Waals surface area contributed by atoms with Crippen LogP contribution in [0, 0.1) is 0 Å². The Morgan fingerprint density at radius 2 is 0.952 bits per heavy atom. The fourth-order valence-corrected chi connectivity index (χ4v) is 6.75. The Morgan fingerprint density at radius 1 is 0.508 bits per heavy atom. The highest BCUT2D eigenvalue weighted by atomic mass is 35.5. The summed E-state index contributed by atoms with van der Waals surface area (Å²) in [7, 11) is 0. The lowest BCUT2D eigenvalue weighted by atomic mass is 10.1. The van der Waals surface area contributed by atoms with Crippen LogP contribution in [-0.2, 0) is 25.6 Å². The molecular formula is C42H31Cl7N8O6. The maximum atomic E-state index is 13.4. The van der Waals surface area contributed by atoms with Gasteiger partial charge in [0.2, 0.25) is 12.1 Å². The molecule has 0 spiro atoms. The van der Waals surface area contributed by atoms with Crippen LogP contribution in [0.25, 0.3) is 0 Å². The molecule has 0 bridgehead atoms. The number of aryl methyl sites for hydroxylation is 1. The number of benzene rings is 5. The van der Waals surface area contributed by atoms with E-state index < -0.39 is 47.3 Å². The van der Waals surface area contributed by atoms with Crippen molar-refractivity contribution in [2.75, 3.05) is 27.1 Å². The van der Waals surface area contributed by atoms with E-state index >= 15 is 0 Å². The molecule has 5 aromatic rings. The number of amides is 4. The third-order valence-corrected chi connectivity index (χ3v) is 10.6. The monoisotopic (exact) mass is 988 g/mol. The zero-order valence-corrected chi connectivity index (χ0v) is 37.9. The Bertz CT molecular complexity index is 2700. The number of carbonyl (C=O) groups is 6. The number of anilines is 4. The molecule has 4 N–H and O–H groups in total. The zero-order chi connectivity index (χ0) is 46.0. The molecule has 0 heterocycles. The summed E-state index contributed by atoms with van der Waals surface area (Å²) in [6.07, 6.45) is 0.203. The molecule has 2 unspecified atom stereocenters. The van der Waals surface area contributed by atoms with Crippen LogP contribution in [0.4, 0.5) is 34.1 Å². The van der Waals surface area contributed by atoms with Crippen LogP contribution >= 0.6 is 81.2 Å². The molecule has 5 aromatic carbocycles. The lowest BCUT2D eigenvalue weighted by Crippen LogP contribution is -2.32. The Hall–Kier alpha value is -5.45. The van der Waals surface area contributed by atoms with Gasteiger partial charge >= 0.3 is 0 Å². The van der Waals surface area contributed by atoms with Gasteiger partial charge in [-0.1, -0.05) is 69.6 Å². The molecule has 324 valence electrons. The lowest BCUT2D eigenvalue weighted by Gasteiger charge is -2.15. The van der Waals surface area contributed by atoms with E-state index in [-0.39, 0.29) is 77.6 Å². The van der Waals surface area contributed by atoms with Gasteiger partial charge in [0.1, 0.15) is 0 Å². The minimum Gasteiger partial charge on any atom is -0.324 e. The molecule has 0 saturated heterocycles. The van der Waals surface area contributed by atoms with Crippen molar-refractivity contribution in [2.24, 2.45) is 20.5 Å². The first-order valence-electron chi connectivity index (χ1n) is 18.2. The zero-order valence-electron chi connectivity index (χ0n) is 32.6. The van der Waals surface area contributed by atoms with Crippen LogP contribution < -0.4 is 21.3 Å². The molecule has 0 aliphatic heterocycles. The average molecular weight is 992 g/mol. The molecule has 4 amide bonds. The molecule has 0 radical (unpaired) electrons. The predicted molar refractivity (Wildman–Crippen MR) is 248 cm³/mol. The van der Waals surface area contributed by atoms with Gasteiger partial charge in [-0.05, 0) is 117 Å². The Kier molecular flexibility index (Phi) is 17.2. The van der Waals surface area contributed by atoms with E-state index in [1.54, 1.807) is 12.1 Å². The average Bonchev–Trinajstić information content (AvgIpc) is 3.22. The molecule has 14 nitrogen and oxygen atoms in total. The van der Waals surface area contributed by atoms with Crippen molar-refractivity contribution >= 4 is 151 Å². The van der Waals surface area contributed by atoms with Crippen molar-refractivity contribution in [3.63, 3.8) is 0 Å². The van der Waals surface area contributed by atoms with Crippen molar-refractivity contribution in [2.45, 2.75) is 32.4 Å². The van der Waals surface area contributed by atoms with E-state index in [2.05, 4.69) is 41.7 Å². The van der Waals surface area contributed by atoms with Crippen LogP contribution in [0.15, 0.2) is 111 Å². The lowest BCUT2D eigenvalue weighted by molar-refractivity contribution is -0.127. The Balaban J connectivity index is 1.28. The quantitative estimate of drug-likeness (QED) is 0.0430. The van der Waals surface area contributed by atoms with Crippen molar-refractivity contribution in [3.8, 4) is 0 Å². The van der Waals surface area contributed by atoms with Gasteiger partial charge in [0.05, 0.1) is 54.0 Å². The maximum Gasteiger partial charge on any atom is 0.258 e. The van der Waals surface area contributed by atoms with Crippen LogP contribution in [0.2, 0.25) is 30.1 Å². The van der Waals surface area contributed by atoms with E-state index in [9.17, 15) is 28.8 Å². The summed E-state index contributed by atoms with van der Waals surface area (Å²) >= 11 is 43.0. The minimum absolute atomic E-state index is 0.00223. The number of hydrogen-bond acceptors (Lipinski definition) is 10. The van der Waals surface area contributed by atoms with Crippen LogP contribution in [0.5, 0.6) is 0 Å². The summed E-state index contributed by atoms with van der Waals surface area (Å²) in [6, 6.07) is 18.5. The molecule has 0 aliphatic rings. The van der Waals surface area contributed by atoms with Crippen molar-refractivity contribution < 1.29 is 28.8 Å². The van der Waals surface area contributed by atoms with E-state index in [0.717, 1.165) is 13.8 Å². The van der Waals surface area contributed by atoms with E-state index in [0.29, 0.717) is 15.6 Å². The summed E-state index contributed by atoms with van der Waals surface area (Å²) in [6.45, 7) is 2.31. The first-order valence-corrected chi connectivity index (χ1v) is 21.0. The van der Waals surface area contributed by atoms with Crippen molar-refractivity contribution in [3.05, 3.63) is 138 Å². The Labute approximate surface area is 394 Å². The molecule has 5 rings (SSSR count). The van der Waals surface area contributed by atoms with Gasteiger partial charge in [-0.2, -0.15) is 20.5 Å². The first kappa shape index (κ1) is 48.6. The fourth-order valence-electron chi connectivity index (χ4n) is 5.46. The highest BCUT2D eigenvalue weighted by molar-refractivity contribution is 6.38. The number of hydrogen-bond donors (Lipinski definition) is 4. The normalized spacial score (nSPS) is 12.1.